The van der Waals surface area contributed by atoms with E-state index in [9.17, 15) is 27.6 Å². The minimum atomic E-state index is -4.51. The van der Waals surface area contributed by atoms with Gasteiger partial charge in [0.25, 0.3) is 0 Å². The molecule has 1 aliphatic heterocycles. The van der Waals surface area contributed by atoms with Crippen molar-refractivity contribution in [3.8, 4) is 33.6 Å². The fourth-order valence-corrected chi connectivity index (χ4v) is 9.25. The fraction of sp³-hybridized carbons (Fsp3) is 0.409. The van der Waals surface area contributed by atoms with Crippen LogP contribution in [0.15, 0.2) is 79.3 Å². The van der Waals surface area contributed by atoms with E-state index >= 15 is 0 Å². The van der Waals surface area contributed by atoms with Crippen molar-refractivity contribution < 1.29 is 32.3 Å². The van der Waals surface area contributed by atoms with Crippen LogP contribution in [0.1, 0.15) is 80.8 Å². The molecule has 3 amide bonds. The molecule has 12 nitrogen and oxygen atoms in total. The van der Waals surface area contributed by atoms with E-state index in [0.717, 1.165) is 83.8 Å². The van der Waals surface area contributed by atoms with Gasteiger partial charge in [0.05, 0.1) is 42.9 Å². The number of hydrogen-bond donors (Lipinski definition) is 4. The number of benzene rings is 2. The number of carbonyl (C=O) groups excluding carboxylic acids is 3. The van der Waals surface area contributed by atoms with Crippen LogP contribution in [0.25, 0.3) is 33.6 Å². The number of aromatic nitrogens is 5. The average molecular weight is 809 g/mol. The standard InChI is InChI=1S/C44H47F3N8O4/c1-24(2)38(54-43(58)59-3)42(57)55-18-4-5-34(55)39-49-22-32(52-39)28-11-7-26(8-12-28)27-9-13-29(14-10-27)33-23-50-40(53-33)36-30-15-16-31(19-30)37(36)41(56)51-21-25-6-17-35(48-20-25)44(45,46)47/h6-14,17,20,22-24,30-31,34,36-38H,4-5,15-16,18-19,21H2,1-3H3,(H,49,52)(H,50,53)(H,51,56)(H,54,58)/t30?,31?,34-,36+,37?,38-/m0/s1. The summed E-state index contributed by atoms with van der Waals surface area (Å²) in [6.07, 6.45) is 4.17. The summed E-state index contributed by atoms with van der Waals surface area (Å²) in [6.45, 7) is 4.47. The Kier molecular flexibility index (Phi) is 11.0. The number of imidazole rings is 2. The number of alkyl carbamates (subject to hydrolysis) is 1. The van der Waals surface area contributed by atoms with E-state index < -0.39 is 24.0 Å². The second-order valence-corrected chi connectivity index (χ2v) is 16.2. The lowest BCUT2D eigenvalue weighted by Gasteiger charge is -2.30. The molecule has 8 rings (SSSR count). The van der Waals surface area contributed by atoms with Crippen molar-refractivity contribution in [3.05, 3.63) is 102 Å². The van der Waals surface area contributed by atoms with Gasteiger partial charge in [-0.15, -0.1) is 0 Å². The smallest absolute Gasteiger partial charge is 0.433 e. The summed E-state index contributed by atoms with van der Waals surface area (Å²) < 4.78 is 43.6. The van der Waals surface area contributed by atoms with Crippen LogP contribution in [-0.4, -0.2) is 67.4 Å². The maximum absolute atomic E-state index is 13.5. The van der Waals surface area contributed by atoms with Crippen molar-refractivity contribution in [3.63, 3.8) is 0 Å². The van der Waals surface area contributed by atoms with Gasteiger partial charge in [0, 0.05) is 25.2 Å². The number of alkyl halides is 3. The number of aromatic amines is 2. The highest BCUT2D eigenvalue weighted by Gasteiger charge is 2.52. The molecular weight excluding hydrogens is 762 g/mol. The third kappa shape index (κ3) is 8.19. The van der Waals surface area contributed by atoms with Gasteiger partial charge in [-0.3, -0.25) is 14.6 Å². The molecule has 59 heavy (non-hydrogen) atoms. The molecule has 2 bridgehead atoms. The molecule has 6 atom stereocenters. The van der Waals surface area contributed by atoms with Crippen LogP contribution in [0.2, 0.25) is 0 Å². The first-order valence-corrected chi connectivity index (χ1v) is 20.1. The number of ether oxygens (including phenoxy) is 1. The number of halogens is 3. The largest absolute Gasteiger partial charge is 0.453 e. The number of H-pyrrole nitrogens is 2. The summed E-state index contributed by atoms with van der Waals surface area (Å²) in [6, 6.07) is 17.8. The van der Waals surface area contributed by atoms with Crippen molar-refractivity contribution in [2.24, 2.45) is 23.7 Å². The molecule has 15 heteroatoms. The molecule has 3 aromatic heterocycles. The maximum atomic E-state index is 13.5. The van der Waals surface area contributed by atoms with E-state index in [-0.39, 0.29) is 48.1 Å². The second kappa shape index (κ2) is 16.3. The average Bonchev–Trinajstić information content (AvgIpc) is 4.10. The summed E-state index contributed by atoms with van der Waals surface area (Å²) in [4.78, 5) is 60.7. The van der Waals surface area contributed by atoms with E-state index in [1.54, 1.807) is 11.1 Å². The Morgan fingerprint density at radius 1 is 0.814 bits per heavy atom. The molecule has 308 valence electrons. The number of hydrogen-bond acceptors (Lipinski definition) is 7. The maximum Gasteiger partial charge on any atom is 0.433 e. The normalized spacial score (nSPS) is 21.8. The topological polar surface area (TPSA) is 158 Å². The number of nitrogens with one attached hydrogen (secondary N) is 4. The summed E-state index contributed by atoms with van der Waals surface area (Å²) in [5.41, 5.74) is 5.26. The number of methoxy groups -OCH3 is 1. The third-order valence-electron chi connectivity index (χ3n) is 12.3. The van der Waals surface area contributed by atoms with Crippen LogP contribution in [0.4, 0.5) is 18.0 Å². The van der Waals surface area contributed by atoms with Crippen LogP contribution >= 0.6 is 0 Å². The Morgan fingerprint density at radius 2 is 1.42 bits per heavy atom. The molecule has 2 aliphatic carbocycles. The Bertz CT molecular complexity index is 2290. The number of fused-ring (bicyclic) bond motifs is 2. The Labute approximate surface area is 339 Å². The highest BCUT2D eigenvalue weighted by atomic mass is 19.4. The lowest BCUT2D eigenvalue weighted by molar-refractivity contribution is -0.141. The molecule has 3 unspecified atom stereocenters. The molecule has 2 saturated carbocycles. The zero-order chi connectivity index (χ0) is 41.4. The molecule has 3 fully saturated rings. The fourth-order valence-electron chi connectivity index (χ4n) is 9.25. The summed E-state index contributed by atoms with van der Waals surface area (Å²) in [5, 5.41) is 5.64. The highest BCUT2D eigenvalue weighted by Crippen LogP contribution is 2.56. The van der Waals surface area contributed by atoms with E-state index in [0.29, 0.717) is 23.9 Å². The van der Waals surface area contributed by atoms with Crippen molar-refractivity contribution in [1.82, 2.24) is 40.5 Å². The first kappa shape index (κ1) is 39.8. The SMILES string of the molecule is COC(=O)N[C@H](C(=O)N1CCC[C@H]1c1ncc(-c2ccc(-c3ccc(-c4cnc([C@@H]5C6CCC(C6)C5C(=O)NCc5ccc(C(F)(F)F)nc5)[nH]4)cc3)cc2)[nH]1)C(C)C. The van der Waals surface area contributed by atoms with Gasteiger partial charge in [-0.2, -0.15) is 13.2 Å². The molecule has 2 aromatic carbocycles. The lowest BCUT2D eigenvalue weighted by atomic mass is 9.78. The Morgan fingerprint density at radius 3 is 2.02 bits per heavy atom. The van der Waals surface area contributed by atoms with Gasteiger partial charge in [0.15, 0.2) is 0 Å². The lowest BCUT2D eigenvalue weighted by Crippen LogP contribution is -2.51. The van der Waals surface area contributed by atoms with Gasteiger partial charge < -0.3 is 30.2 Å². The van der Waals surface area contributed by atoms with Crippen LogP contribution < -0.4 is 10.6 Å². The highest BCUT2D eigenvalue weighted by molar-refractivity contribution is 5.86. The predicted molar refractivity (Wildman–Crippen MR) is 213 cm³/mol. The minimum Gasteiger partial charge on any atom is -0.453 e. The quantitative estimate of drug-likeness (QED) is 0.105. The molecule has 3 aliphatic rings. The van der Waals surface area contributed by atoms with Gasteiger partial charge in [-0.25, -0.2) is 14.8 Å². The second-order valence-electron chi connectivity index (χ2n) is 16.2. The third-order valence-corrected chi connectivity index (χ3v) is 12.3. The molecular formula is C44H47F3N8O4. The first-order chi connectivity index (χ1) is 28.4. The van der Waals surface area contributed by atoms with E-state index in [1.165, 1.54) is 13.2 Å². The number of carbonyl (C=O) groups is 3. The van der Waals surface area contributed by atoms with Gasteiger partial charge in [-0.1, -0.05) is 68.4 Å². The number of likely N-dealkylation sites (tertiary alicyclic amines) is 1. The van der Waals surface area contributed by atoms with Gasteiger partial charge >= 0.3 is 12.3 Å². The van der Waals surface area contributed by atoms with Gasteiger partial charge in [-0.05, 0) is 83.7 Å². The predicted octanol–water partition coefficient (Wildman–Crippen LogP) is 8.04. The molecule has 4 N–H and O–H groups in total. The molecule has 4 heterocycles. The summed E-state index contributed by atoms with van der Waals surface area (Å²) >= 11 is 0. The van der Waals surface area contributed by atoms with Crippen molar-refractivity contribution in [2.45, 2.75) is 76.7 Å². The zero-order valence-electron chi connectivity index (χ0n) is 33.1. The van der Waals surface area contributed by atoms with Gasteiger partial charge in [0.1, 0.15) is 23.4 Å². The Hall–Kier alpha value is -5.99. The Balaban J connectivity index is 0.905. The first-order valence-electron chi connectivity index (χ1n) is 20.1. The van der Waals surface area contributed by atoms with Crippen molar-refractivity contribution in [2.75, 3.05) is 13.7 Å². The van der Waals surface area contributed by atoms with E-state index in [1.807, 2.05) is 44.3 Å². The molecule has 0 spiro atoms. The molecule has 1 saturated heterocycles. The summed E-state index contributed by atoms with van der Waals surface area (Å²) in [7, 11) is 1.28. The molecule has 0 radical (unpaired) electrons. The van der Waals surface area contributed by atoms with Gasteiger partial charge in [0.2, 0.25) is 11.8 Å². The number of amides is 3. The number of rotatable bonds is 11. The van der Waals surface area contributed by atoms with Crippen LogP contribution in [0, 0.1) is 23.7 Å². The zero-order valence-corrected chi connectivity index (χ0v) is 33.1. The van der Waals surface area contributed by atoms with Crippen molar-refractivity contribution in [1.29, 1.82) is 0 Å². The summed E-state index contributed by atoms with van der Waals surface area (Å²) in [5.74, 6) is 1.35. The van der Waals surface area contributed by atoms with Crippen LogP contribution in [-0.2, 0) is 27.0 Å². The van der Waals surface area contributed by atoms with Crippen LogP contribution in [0.3, 0.4) is 0 Å². The monoisotopic (exact) mass is 808 g/mol. The number of pyridine rings is 1. The van der Waals surface area contributed by atoms with Crippen molar-refractivity contribution >= 4 is 17.9 Å². The van der Waals surface area contributed by atoms with E-state index in [2.05, 4.69) is 54.8 Å². The minimum absolute atomic E-state index is 0.0656. The number of nitrogens with zero attached hydrogens (tertiary/aromatic N) is 4. The molecule has 5 aromatic rings. The van der Waals surface area contributed by atoms with Crippen LogP contribution in [0.5, 0.6) is 0 Å². The van der Waals surface area contributed by atoms with E-state index in [4.69, 9.17) is 9.72 Å².